The van der Waals surface area contributed by atoms with Crippen LogP contribution in [0.25, 0.3) is 11.1 Å². The van der Waals surface area contributed by atoms with E-state index in [1.165, 1.54) is 0 Å². The number of primary sulfonamides is 1. The Morgan fingerprint density at radius 3 is 2.68 bits per heavy atom. The Kier molecular flexibility index (Phi) is 5.71. The quantitative estimate of drug-likeness (QED) is 0.560. The number of benzene rings is 3. The average Bonchev–Trinajstić information content (AvgIpc) is 2.75. The van der Waals surface area contributed by atoms with Crippen LogP contribution in [0.3, 0.4) is 0 Å². The number of hydrogen-bond donors (Lipinski definition) is 1. The van der Waals surface area contributed by atoms with E-state index < -0.39 is 16.1 Å². The van der Waals surface area contributed by atoms with Crippen LogP contribution in [0.4, 0.5) is 0 Å². The fourth-order valence-electron chi connectivity index (χ4n) is 3.78. The molecule has 0 saturated carbocycles. The van der Waals surface area contributed by atoms with E-state index in [0.29, 0.717) is 29.4 Å². The van der Waals surface area contributed by atoms with Crippen LogP contribution in [-0.2, 0) is 15.8 Å². The van der Waals surface area contributed by atoms with Crippen LogP contribution in [0.2, 0.25) is 0 Å². The highest BCUT2D eigenvalue weighted by molar-refractivity contribution is 7.88. The second kappa shape index (κ2) is 8.45. The van der Waals surface area contributed by atoms with E-state index in [9.17, 15) is 8.42 Å². The molecule has 31 heavy (non-hydrogen) atoms. The summed E-state index contributed by atoms with van der Waals surface area (Å²) in [7, 11) is -2.06. The van der Waals surface area contributed by atoms with E-state index in [4.69, 9.17) is 19.3 Å². The summed E-state index contributed by atoms with van der Waals surface area (Å²) >= 11 is 0. The van der Waals surface area contributed by atoms with Gasteiger partial charge >= 0.3 is 0 Å². The summed E-state index contributed by atoms with van der Waals surface area (Å²) in [4.78, 5) is 0. The molecule has 1 aliphatic rings. The monoisotopic (exact) mass is 437 g/mol. The van der Waals surface area contributed by atoms with Gasteiger partial charge in [-0.05, 0) is 35.4 Å². The van der Waals surface area contributed by atoms with Gasteiger partial charge in [-0.1, -0.05) is 49.1 Å². The van der Waals surface area contributed by atoms with Crippen LogP contribution in [0, 0.1) is 0 Å². The van der Waals surface area contributed by atoms with Gasteiger partial charge in [0.15, 0.2) is 0 Å². The third-order valence-corrected chi connectivity index (χ3v) is 5.75. The molecular weight excluding hydrogens is 414 g/mol. The van der Waals surface area contributed by atoms with E-state index in [-0.39, 0.29) is 5.75 Å². The molecule has 0 amide bonds. The topological polar surface area (TPSA) is 87.8 Å². The number of fused-ring (bicyclic) bond motifs is 3. The Morgan fingerprint density at radius 2 is 1.94 bits per heavy atom. The predicted octanol–water partition coefficient (Wildman–Crippen LogP) is 4.20. The molecule has 160 valence electrons. The van der Waals surface area contributed by atoms with Gasteiger partial charge in [-0.25, -0.2) is 13.6 Å². The number of rotatable bonds is 7. The Balaban J connectivity index is 1.87. The SMILES string of the molecule is C=CCOc1cccc(C2Oc3cccc(OC)c3-c3ccc(CS(N)(=O)=O)cc32)c1. The van der Waals surface area contributed by atoms with E-state index >= 15 is 0 Å². The zero-order valence-electron chi connectivity index (χ0n) is 17.1. The molecule has 3 aromatic carbocycles. The summed E-state index contributed by atoms with van der Waals surface area (Å²) in [6.45, 7) is 4.07. The fourth-order valence-corrected chi connectivity index (χ4v) is 4.43. The van der Waals surface area contributed by atoms with Gasteiger partial charge in [-0.2, -0.15) is 0 Å². The highest BCUT2D eigenvalue weighted by Gasteiger charge is 2.30. The van der Waals surface area contributed by atoms with Crippen LogP contribution in [0.5, 0.6) is 17.2 Å². The van der Waals surface area contributed by atoms with Crippen molar-refractivity contribution in [3.05, 3.63) is 90.0 Å². The lowest BCUT2D eigenvalue weighted by Gasteiger charge is -2.30. The Morgan fingerprint density at radius 1 is 1.13 bits per heavy atom. The maximum absolute atomic E-state index is 11.7. The molecule has 3 aromatic rings. The molecule has 1 atom stereocenters. The molecule has 0 saturated heterocycles. The summed E-state index contributed by atoms with van der Waals surface area (Å²) in [5.74, 6) is 1.81. The van der Waals surface area contributed by atoms with Gasteiger partial charge in [0.25, 0.3) is 0 Å². The van der Waals surface area contributed by atoms with E-state index in [2.05, 4.69) is 6.58 Å². The van der Waals surface area contributed by atoms with Crippen molar-refractivity contribution in [1.82, 2.24) is 0 Å². The molecular formula is C24H23NO5S. The van der Waals surface area contributed by atoms with Crippen LogP contribution < -0.4 is 19.3 Å². The highest BCUT2D eigenvalue weighted by Crippen LogP contribution is 2.49. The van der Waals surface area contributed by atoms with Gasteiger partial charge in [0.05, 0.1) is 18.4 Å². The Hall–Kier alpha value is -3.29. The molecule has 0 radical (unpaired) electrons. The van der Waals surface area contributed by atoms with Crippen LogP contribution in [0.15, 0.2) is 73.3 Å². The minimum atomic E-state index is -3.67. The third kappa shape index (κ3) is 4.42. The van der Waals surface area contributed by atoms with Crippen LogP contribution >= 0.6 is 0 Å². The van der Waals surface area contributed by atoms with Crippen molar-refractivity contribution < 1.29 is 22.6 Å². The van der Waals surface area contributed by atoms with Crippen molar-refractivity contribution in [2.45, 2.75) is 11.9 Å². The molecule has 1 heterocycles. The second-order valence-corrected chi connectivity index (χ2v) is 8.85. The molecule has 0 aromatic heterocycles. The van der Waals surface area contributed by atoms with Crippen LogP contribution in [-0.4, -0.2) is 22.1 Å². The van der Waals surface area contributed by atoms with Gasteiger partial charge < -0.3 is 14.2 Å². The Bertz CT molecular complexity index is 1240. The first-order valence-electron chi connectivity index (χ1n) is 9.70. The second-order valence-electron chi connectivity index (χ2n) is 7.23. The number of hydrogen-bond acceptors (Lipinski definition) is 5. The van der Waals surface area contributed by atoms with E-state index in [1.807, 2.05) is 54.6 Å². The molecule has 2 N–H and O–H groups in total. The number of nitrogens with two attached hydrogens (primary N) is 1. The van der Waals surface area contributed by atoms with Gasteiger partial charge in [0.2, 0.25) is 10.0 Å². The highest BCUT2D eigenvalue weighted by atomic mass is 32.2. The first kappa shape index (κ1) is 21.0. The first-order valence-corrected chi connectivity index (χ1v) is 11.4. The van der Waals surface area contributed by atoms with Gasteiger partial charge in [0.1, 0.15) is 30.0 Å². The lowest BCUT2D eigenvalue weighted by atomic mass is 9.88. The Labute approximate surface area is 181 Å². The summed E-state index contributed by atoms with van der Waals surface area (Å²) < 4.78 is 41.0. The van der Waals surface area contributed by atoms with Gasteiger partial charge in [0, 0.05) is 11.1 Å². The first-order chi connectivity index (χ1) is 14.9. The van der Waals surface area contributed by atoms with E-state index in [0.717, 1.165) is 22.3 Å². The average molecular weight is 438 g/mol. The van der Waals surface area contributed by atoms with Gasteiger partial charge in [-0.15, -0.1) is 0 Å². The predicted molar refractivity (Wildman–Crippen MR) is 120 cm³/mol. The van der Waals surface area contributed by atoms with Crippen molar-refractivity contribution in [2.75, 3.05) is 13.7 Å². The minimum absolute atomic E-state index is 0.256. The summed E-state index contributed by atoms with van der Waals surface area (Å²) in [5.41, 5.74) is 4.05. The van der Waals surface area contributed by atoms with Crippen molar-refractivity contribution in [3.8, 4) is 28.4 Å². The lowest BCUT2D eigenvalue weighted by Crippen LogP contribution is -2.18. The maximum Gasteiger partial charge on any atom is 0.213 e. The normalized spacial score (nSPS) is 14.7. The number of sulfonamides is 1. The smallest absolute Gasteiger partial charge is 0.213 e. The van der Waals surface area contributed by atoms with Crippen molar-refractivity contribution in [2.24, 2.45) is 5.14 Å². The molecule has 6 nitrogen and oxygen atoms in total. The molecule has 7 heteroatoms. The largest absolute Gasteiger partial charge is 0.496 e. The van der Waals surface area contributed by atoms with Crippen molar-refractivity contribution in [3.63, 3.8) is 0 Å². The van der Waals surface area contributed by atoms with Crippen molar-refractivity contribution in [1.29, 1.82) is 0 Å². The zero-order valence-corrected chi connectivity index (χ0v) is 17.9. The molecule has 0 bridgehead atoms. The standard InChI is InChI=1S/C24H23NO5S/c1-3-12-29-18-7-4-6-17(14-18)24-20-13-16(15-31(25,26)27)10-11-19(20)23-21(28-2)8-5-9-22(23)30-24/h3-11,13-14,24H,1,12,15H2,2H3,(H2,25,26,27). The third-order valence-electron chi connectivity index (χ3n) is 5.02. The summed E-state index contributed by atoms with van der Waals surface area (Å²) in [5, 5.41) is 5.27. The minimum Gasteiger partial charge on any atom is -0.496 e. The summed E-state index contributed by atoms with van der Waals surface area (Å²) in [6, 6.07) is 18.8. The zero-order chi connectivity index (χ0) is 22.0. The molecule has 1 unspecified atom stereocenters. The van der Waals surface area contributed by atoms with Crippen LogP contribution in [0.1, 0.15) is 22.8 Å². The fraction of sp³-hybridized carbons (Fsp3) is 0.167. The van der Waals surface area contributed by atoms with Crippen molar-refractivity contribution >= 4 is 10.0 Å². The molecule has 1 aliphatic heterocycles. The molecule has 0 aliphatic carbocycles. The molecule has 0 spiro atoms. The number of methoxy groups -OCH3 is 1. The number of ether oxygens (including phenoxy) is 3. The van der Waals surface area contributed by atoms with Gasteiger partial charge in [-0.3, -0.25) is 0 Å². The maximum atomic E-state index is 11.7. The molecule has 4 rings (SSSR count). The lowest BCUT2D eigenvalue weighted by molar-refractivity contribution is 0.241. The van der Waals surface area contributed by atoms with E-state index in [1.54, 1.807) is 19.3 Å². The summed E-state index contributed by atoms with van der Waals surface area (Å²) in [6.07, 6.45) is 1.23. The molecule has 0 fully saturated rings.